The molecule has 1 atom stereocenters. The van der Waals surface area contributed by atoms with Gasteiger partial charge >= 0.3 is 12.1 Å². The van der Waals surface area contributed by atoms with Crippen LogP contribution in [0.15, 0.2) is 65.3 Å². The molecule has 0 saturated heterocycles. The largest absolute Gasteiger partial charge is 0.481 e. The van der Waals surface area contributed by atoms with E-state index in [4.69, 9.17) is 14.3 Å². The minimum atomic E-state index is -0.876. The van der Waals surface area contributed by atoms with Crippen molar-refractivity contribution in [1.29, 1.82) is 0 Å². The van der Waals surface area contributed by atoms with Gasteiger partial charge in [-0.15, -0.1) is 0 Å². The van der Waals surface area contributed by atoms with Crippen molar-refractivity contribution in [2.24, 2.45) is 5.92 Å². The van der Waals surface area contributed by atoms with Crippen LogP contribution in [0.3, 0.4) is 0 Å². The maximum Gasteiger partial charge on any atom is 0.411 e. The molecule has 3 aromatic rings. The Bertz CT molecular complexity index is 1160. The van der Waals surface area contributed by atoms with Gasteiger partial charge in [-0.25, -0.2) is 4.79 Å². The molecule has 34 heavy (non-hydrogen) atoms. The number of amides is 2. The Morgan fingerprint density at radius 3 is 2.32 bits per heavy atom. The highest BCUT2D eigenvalue weighted by Gasteiger charge is 2.29. The van der Waals surface area contributed by atoms with Crippen LogP contribution in [0.4, 0.5) is 10.5 Å². The first-order valence-electron chi connectivity index (χ1n) is 11.1. The first kappa shape index (κ1) is 23.1. The lowest BCUT2D eigenvalue weighted by atomic mass is 9.98. The second-order valence-corrected chi connectivity index (χ2v) is 8.36. The van der Waals surface area contributed by atoms with Gasteiger partial charge in [0.05, 0.1) is 12.0 Å². The summed E-state index contributed by atoms with van der Waals surface area (Å²) in [6.07, 6.45) is 1.10. The van der Waals surface area contributed by atoms with Crippen molar-refractivity contribution < 1.29 is 28.6 Å². The summed E-state index contributed by atoms with van der Waals surface area (Å²) in [5, 5.41) is 14.0. The van der Waals surface area contributed by atoms with Crippen LogP contribution < -0.4 is 10.6 Å². The molecule has 3 N–H and O–H groups in total. The Morgan fingerprint density at radius 2 is 1.68 bits per heavy atom. The molecular formula is C26H26N2O6. The van der Waals surface area contributed by atoms with Crippen LogP contribution in [0.2, 0.25) is 0 Å². The summed E-state index contributed by atoms with van der Waals surface area (Å²) in [6, 6.07) is 17.6. The third kappa shape index (κ3) is 5.11. The van der Waals surface area contributed by atoms with Gasteiger partial charge < -0.3 is 19.6 Å². The van der Waals surface area contributed by atoms with E-state index in [-0.39, 0.29) is 42.9 Å². The third-order valence-corrected chi connectivity index (χ3v) is 5.91. The van der Waals surface area contributed by atoms with Gasteiger partial charge in [0.15, 0.2) is 0 Å². The standard InChI is InChI=1S/C26H26N2O6/c1-16(10-11-23(29)30)14-27-25(31)24-22(12-13-33-24)28-26(32)34-15-21-19-8-4-2-6-17(19)18-7-3-5-9-20(18)21/h2-9,12-13,16,21H,10-11,14-15H2,1H3,(H,27,31)(H,28,32)(H,29,30). The van der Waals surface area contributed by atoms with Crippen molar-refractivity contribution in [1.82, 2.24) is 5.32 Å². The molecule has 0 radical (unpaired) electrons. The number of ether oxygens (including phenoxy) is 1. The van der Waals surface area contributed by atoms with Crippen molar-refractivity contribution in [3.05, 3.63) is 77.7 Å². The zero-order valence-corrected chi connectivity index (χ0v) is 18.7. The fourth-order valence-corrected chi connectivity index (χ4v) is 4.15. The van der Waals surface area contributed by atoms with Crippen molar-refractivity contribution in [3.63, 3.8) is 0 Å². The molecule has 0 spiro atoms. The molecule has 1 heterocycles. The van der Waals surface area contributed by atoms with Crippen LogP contribution in [0.25, 0.3) is 11.1 Å². The number of carboxylic acid groups (broad SMARTS) is 1. The SMILES string of the molecule is CC(CCC(=O)O)CNC(=O)c1occc1NC(=O)OCC1c2ccccc2-c2ccccc21. The average molecular weight is 463 g/mol. The lowest BCUT2D eigenvalue weighted by molar-refractivity contribution is -0.137. The molecule has 176 valence electrons. The monoisotopic (exact) mass is 462 g/mol. The highest BCUT2D eigenvalue weighted by Crippen LogP contribution is 2.44. The van der Waals surface area contributed by atoms with Crippen LogP contribution in [0, 0.1) is 5.92 Å². The van der Waals surface area contributed by atoms with Crippen molar-refractivity contribution in [2.45, 2.75) is 25.7 Å². The van der Waals surface area contributed by atoms with Crippen LogP contribution in [-0.2, 0) is 9.53 Å². The zero-order valence-electron chi connectivity index (χ0n) is 18.7. The zero-order chi connectivity index (χ0) is 24.1. The highest BCUT2D eigenvalue weighted by molar-refractivity contribution is 6.00. The van der Waals surface area contributed by atoms with Gasteiger partial charge in [0, 0.05) is 24.9 Å². The Kier molecular flexibility index (Phi) is 6.96. The maximum absolute atomic E-state index is 12.5. The normalized spacial score (nSPS) is 13.0. The maximum atomic E-state index is 12.5. The number of anilines is 1. The quantitative estimate of drug-likeness (QED) is 0.418. The number of carbonyl (C=O) groups is 3. The van der Waals surface area contributed by atoms with Gasteiger partial charge in [-0.1, -0.05) is 55.5 Å². The molecule has 0 fully saturated rings. The van der Waals surface area contributed by atoms with Crippen LogP contribution in [-0.4, -0.2) is 36.2 Å². The van der Waals surface area contributed by atoms with E-state index in [1.54, 1.807) is 0 Å². The Balaban J connectivity index is 1.34. The van der Waals surface area contributed by atoms with E-state index in [0.29, 0.717) is 6.42 Å². The molecule has 1 unspecified atom stereocenters. The summed E-state index contributed by atoms with van der Waals surface area (Å²) in [7, 11) is 0. The van der Waals surface area contributed by atoms with Crippen molar-refractivity contribution in [2.75, 3.05) is 18.5 Å². The van der Waals surface area contributed by atoms with Crippen LogP contribution in [0.1, 0.15) is 47.4 Å². The molecule has 0 saturated carbocycles. The van der Waals surface area contributed by atoms with Crippen molar-refractivity contribution in [3.8, 4) is 11.1 Å². The summed E-state index contributed by atoms with van der Waals surface area (Å²) in [6.45, 7) is 2.29. The van der Waals surface area contributed by atoms with Crippen LogP contribution >= 0.6 is 0 Å². The second kappa shape index (κ2) is 10.2. The summed E-state index contributed by atoms with van der Waals surface area (Å²) in [5.41, 5.74) is 4.69. The number of fused-ring (bicyclic) bond motifs is 3. The average Bonchev–Trinajstić information content (AvgIpc) is 3.42. The summed E-state index contributed by atoms with van der Waals surface area (Å²) >= 11 is 0. The van der Waals surface area contributed by atoms with Gasteiger partial charge in [-0.3, -0.25) is 14.9 Å². The fourth-order valence-electron chi connectivity index (χ4n) is 4.15. The molecular weight excluding hydrogens is 436 g/mol. The molecule has 1 aromatic heterocycles. The number of benzene rings is 2. The summed E-state index contributed by atoms with van der Waals surface area (Å²) in [4.78, 5) is 35.7. The Labute approximate surface area is 196 Å². The molecule has 0 aliphatic heterocycles. The predicted molar refractivity (Wildman–Crippen MR) is 126 cm³/mol. The smallest absolute Gasteiger partial charge is 0.411 e. The molecule has 0 bridgehead atoms. The fraction of sp³-hybridized carbons (Fsp3) is 0.269. The number of rotatable bonds is 9. The van der Waals surface area contributed by atoms with Gasteiger partial charge in [0.1, 0.15) is 6.61 Å². The van der Waals surface area contributed by atoms with E-state index in [1.807, 2.05) is 43.3 Å². The minimum Gasteiger partial charge on any atom is -0.481 e. The topological polar surface area (TPSA) is 118 Å². The van der Waals surface area contributed by atoms with Gasteiger partial charge in [-0.05, 0) is 34.6 Å². The Morgan fingerprint density at radius 1 is 1.03 bits per heavy atom. The lowest BCUT2D eigenvalue weighted by Gasteiger charge is -2.14. The first-order valence-corrected chi connectivity index (χ1v) is 11.1. The second-order valence-electron chi connectivity index (χ2n) is 8.36. The van der Waals surface area contributed by atoms with Gasteiger partial charge in [0.2, 0.25) is 5.76 Å². The van der Waals surface area contributed by atoms with E-state index < -0.39 is 18.0 Å². The molecule has 8 heteroatoms. The first-order chi connectivity index (χ1) is 16.4. The number of aliphatic carboxylic acids is 1. The highest BCUT2D eigenvalue weighted by atomic mass is 16.5. The van der Waals surface area contributed by atoms with E-state index in [9.17, 15) is 14.4 Å². The number of hydrogen-bond donors (Lipinski definition) is 3. The van der Waals surface area contributed by atoms with Gasteiger partial charge in [-0.2, -0.15) is 0 Å². The summed E-state index contributed by atoms with van der Waals surface area (Å²) < 4.78 is 10.8. The number of nitrogens with one attached hydrogen (secondary N) is 2. The van der Waals surface area contributed by atoms with Gasteiger partial charge in [0.25, 0.3) is 5.91 Å². The number of furan rings is 1. The molecule has 4 rings (SSSR count). The number of carbonyl (C=O) groups excluding carboxylic acids is 2. The van der Waals surface area contributed by atoms with Crippen molar-refractivity contribution >= 4 is 23.7 Å². The third-order valence-electron chi connectivity index (χ3n) is 5.91. The minimum absolute atomic E-state index is 0.0199. The molecule has 1 aliphatic carbocycles. The molecule has 8 nitrogen and oxygen atoms in total. The van der Waals surface area contributed by atoms with E-state index in [1.165, 1.54) is 12.3 Å². The molecule has 1 aliphatic rings. The number of hydrogen-bond acceptors (Lipinski definition) is 5. The van der Waals surface area contributed by atoms with E-state index in [2.05, 4.69) is 22.8 Å². The lowest BCUT2D eigenvalue weighted by Crippen LogP contribution is -2.29. The predicted octanol–water partition coefficient (Wildman–Crippen LogP) is 4.87. The van der Waals surface area contributed by atoms with E-state index in [0.717, 1.165) is 22.3 Å². The summed E-state index contributed by atoms with van der Waals surface area (Å²) in [5.74, 6) is -1.51. The number of carboxylic acids is 1. The van der Waals surface area contributed by atoms with E-state index >= 15 is 0 Å². The van der Waals surface area contributed by atoms with Crippen LogP contribution in [0.5, 0.6) is 0 Å². The Hall–Kier alpha value is -4.07. The molecule has 2 aromatic carbocycles. The molecule has 2 amide bonds.